The van der Waals surface area contributed by atoms with Crippen LogP contribution < -0.4 is 11.1 Å². The fraction of sp³-hybridized carbons (Fsp3) is 0.588. The Morgan fingerprint density at radius 2 is 1.78 bits per heavy atom. The van der Waals surface area contributed by atoms with Crippen molar-refractivity contribution in [2.75, 3.05) is 18.4 Å². The molecular weight excluding hydrogens is 482 g/mol. The Balaban J connectivity index is 0.00000261. The third-order valence-corrected chi connectivity index (χ3v) is 5.11. The van der Waals surface area contributed by atoms with Crippen molar-refractivity contribution in [2.45, 2.75) is 43.9 Å². The van der Waals surface area contributed by atoms with Gasteiger partial charge in [-0.2, -0.15) is 13.2 Å². The van der Waals surface area contributed by atoms with Gasteiger partial charge in [0.25, 0.3) is 0 Å². The molecule has 1 saturated heterocycles. The Kier molecular flexibility index (Phi) is 7.28. The van der Waals surface area contributed by atoms with Gasteiger partial charge in [-0.25, -0.2) is 13.8 Å². The number of hydrogen-bond donors (Lipinski definition) is 2. The van der Waals surface area contributed by atoms with Crippen LogP contribution in [0, 0.1) is 17.6 Å². The van der Waals surface area contributed by atoms with Gasteiger partial charge >= 0.3 is 6.18 Å². The number of nitrogens with zero attached hydrogens (tertiary/aromatic N) is 2. The largest absolute Gasteiger partial charge is 0.391 e. The summed E-state index contributed by atoms with van der Waals surface area (Å²) in [6, 6.07) is 3.13. The van der Waals surface area contributed by atoms with Gasteiger partial charge in [-0.05, 0) is 50.9 Å². The average Bonchev–Trinajstić information content (AvgIpc) is 2.53. The molecule has 27 heavy (non-hydrogen) atoms. The Morgan fingerprint density at radius 3 is 2.37 bits per heavy atom. The third-order valence-electron chi connectivity index (χ3n) is 5.11. The molecule has 1 aromatic rings. The number of guanidine groups is 1. The van der Waals surface area contributed by atoms with Gasteiger partial charge in [0, 0.05) is 12.1 Å². The summed E-state index contributed by atoms with van der Waals surface area (Å²) in [6.45, 7) is 0.876. The molecular formula is C17H22F5IN4. The summed E-state index contributed by atoms with van der Waals surface area (Å²) in [5, 5.41) is 2.54. The van der Waals surface area contributed by atoms with Gasteiger partial charge in [0.2, 0.25) is 0 Å². The molecule has 10 heteroatoms. The van der Waals surface area contributed by atoms with E-state index >= 15 is 0 Å². The van der Waals surface area contributed by atoms with Crippen LogP contribution in [0.2, 0.25) is 0 Å². The molecule has 2 aliphatic rings. The monoisotopic (exact) mass is 504 g/mol. The predicted molar refractivity (Wildman–Crippen MR) is 104 cm³/mol. The van der Waals surface area contributed by atoms with Crippen LogP contribution >= 0.6 is 24.0 Å². The maximum atomic E-state index is 13.6. The highest BCUT2D eigenvalue weighted by atomic mass is 127. The molecule has 4 nitrogen and oxygen atoms in total. The molecule has 0 unspecified atom stereocenters. The van der Waals surface area contributed by atoms with Crippen LogP contribution in [0.25, 0.3) is 0 Å². The number of hydrogen-bond acceptors (Lipinski definition) is 2. The lowest BCUT2D eigenvalue weighted by atomic mass is 9.83. The van der Waals surface area contributed by atoms with Gasteiger partial charge in [0.05, 0.1) is 17.6 Å². The van der Waals surface area contributed by atoms with Crippen molar-refractivity contribution in [3.05, 3.63) is 29.8 Å². The lowest BCUT2D eigenvalue weighted by Crippen LogP contribution is -2.51. The first kappa shape index (κ1) is 22.1. The second-order valence-corrected chi connectivity index (χ2v) is 6.89. The third kappa shape index (κ3) is 5.66. The van der Waals surface area contributed by atoms with Crippen LogP contribution in [0.5, 0.6) is 0 Å². The number of piperidine rings is 1. The summed E-state index contributed by atoms with van der Waals surface area (Å²) in [6.07, 6.45) is -2.44. The average molecular weight is 504 g/mol. The molecule has 0 atom stereocenters. The molecule has 1 heterocycles. The fourth-order valence-electron chi connectivity index (χ4n) is 3.51. The highest BCUT2D eigenvalue weighted by Crippen LogP contribution is 2.37. The zero-order valence-corrected chi connectivity index (χ0v) is 16.8. The maximum Gasteiger partial charge on any atom is 0.391 e. The van der Waals surface area contributed by atoms with E-state index in [4.69, 9.17) is 5.73 Å². The minimum atomic E-state index is -4.11. The molecule has 0 bridgehead atoms. The van der Waals surface area contributed by atoms with E-state index in [1.54, 1.807) is 0 Å². The smallest absolute Gasteiger partial charge is 0.370 e. The second kappa shape index (κ2) is 8.89. The summed E-state index contributed by atoms with van der Waals surface area (Å²) in [7, 11) is 0. The van der Waals surface area contributed by atoms with E-state index in [-0.39, 0.29) is 60.5 Å². The summed E-state index contributed by atoms with van der Waals surface area (Å²) >= 11 is 0. The zero-order chi connectivity index (χ0) is 18.9. The van der Waals surface area contributed by atoms with Crippen LogP contribution in [-0.2, 0) is 0 Å². The van der Waals surface area contributed by atoms with E-state index in [9.17, 15) is 22.0 Å². The highest BCUT2D eigenvalue weighted by molar-refractivity contribution is 14.0. The van der Waals surface area contributed by atoms with Crippen molar-refractivity contribution in [3.8, 4) is 0 Å². The topological polar surface area (TPSA) is 53.6 Å². The quantitative estimate of drug-likeness (QED) is 0.282. The van der Waals surface area contributed by atoms with E-state index in [1.165, 1.54) is 0 Å². The molecule has 0 aromatic heterocycles. The van der Waals surface area contributed by atoms with Gasteiger partial charge in [0.15, 0.2) is 5.96 Å². The van der Waals surface area contributed by atoms with Crippen molar-refractivity contribution in [1.29, 1.82) is 0 Å². The molecule has 3 N–H and O–H groups in total. The van der Waals surface area contributed by atoms with Crippen LogP contribution in [0.15, 0.2) is 23.2 Å². The van der Waals surface area contributed by atoms with Crippen LogP contribution in [-0.4, -0.2) is 42.2 Å². The normalized spacial score (nSPS) is 24.9. The number of nitrogens with one attached hydrogen (secondary N) is 1. The van der Waals surface area contributed by atoms with Crippen molar-refractivity contribution in [1.82, 2.24) is 4.90 Å². The summed E-state index contributed by atoms with van der Waals surface area (Å²) < 4.78 is 64.8. The number of anilines is 1. The van der Waals surface area contributed by atoms with Gasteiger partial charge in [-0.3, -0.25) is 0 Å². The van der Waals surface area contributed by atoms with Crippen molar-refractivity contribution in [2.24, 2.45) is 16.6 Å². The standard InChI is InChI=1S/C17H21F5N4.HI/c18-11-1-2-14(19)15(7-11)25-16(23)24-12-8-13(9-12)26-5-3-10(4-6-26)17(20,21)22;/h1-2,7,10,12-13H,3-6,8-9H2,(H3,23,24,25);1H. The van der Waals surface area contributed by atoms with Gasteiger partial charge in [-0.1, -0.05) is 0 Å². The van der Waals surface area contributed by atoms with E-state index in [0.717, 1.165) is 18.2 Å². The van der Waals surface area contributed by atoms with E-state index in [2.05, 4.69) is 15.2 Å². The number of halogens is 6. The highest BCUT2D eigenvalue weighted by Gasteiger charge is 2.43. The number of alkyl halides is 3. The van der Waals surface area contributed by atoms with Crippen LogP contribution in [0.3, 0.4) is 0 Å². The Hall–Kier alpha value is -1.17. The van der Waals surface area contributed by atoms with E-state index in [0.29, 0.717) is 25.9 Å². The molecule has 1 saturated carbocycles. The maximum absolute atomic E-state index is 13.6. The molecule has 0 spiro atoms. The number of likely N-dealkylation sites (tertiary alicyclic amines) is 1. The Labute approximate surface area is 171 Å². The first-order valence-electron chi connectivity index (χ1n) is 8.58. The van der Waals surface area contributed by atoms with Crippen molar-refractivity contribution >= 4 is 35.6 Å². The molecule has 1 aliphatic heterocycles. The lowest BCUT2D eigenvalue weighted by molar-refractivity contribution is -0.187. The molecule has 3 rings (SSSR count). The number of nitrogens with two attached hydrogens (primary N) is 1. The number of rotatable bonds is 3. The van der Waals surface area contributed by atoms with Gasteiger partial charge in [-0.15, -0.1) is 24.0 Å². The predicted octanol–water partition coefficient (Wildman–Crippen LogP) is 4.11. The Morgan fingerprint density at radius 1 is 1.15 bits per heavy atom. The molecule has 1 aromatic carbocycles. The zero-order valence-electron chi connectivity index (χ0n) is 14.5. The molecule has 0 radical (unpaired) electrons. The lowest BCUT2D eigenvalue weighted by Gasteiger charge is -2.44. The minimum absolute atomic E-state index is 0. The molecule has 0 amide bonds. The minimum Gasteiger partial charge on any atom is -0.370 e. The van der Waals surface area contributed by atoms with E-state index < -0.39 is 23.7 Å². The van der Waals surface area contributed by atoms with E-state index in [1.807, 2.05) is 0 Å². The van der Waals surface area contributed by atoms with Crippen LogP contribution in [0.1, 0.15) is 25.7 Å². The summed E-state index contributed by atoms with van der Waals surface area (Å²) in [4.78, 5) is 6.31. The number of benzene rings is 1. The second-order valence-electron chi connectivity index (χ2n) is 6.89. The SMILES string of the molecule is I.NC(=NC1CC(N2CCC(C(F)(F)F)CC2)C1)Nc1cc(F)ccc1F. The van der Waals surface area contributed by atoms with Crippen molar-refractivity contribution in [3.63, 3.8) is 0 Å². The Bertz CT molecular complexity index is 668. The molecule has 2 fully saturated rings. The summed E-state index contributed by atoms with van der Waals surface area (Å²) in [5.41, 5.74) is 5.65. The number of aliphatic imine (C=N–C) groups is 1. The van der Waals surface area contributed by atoms with Gasteiger partial charge < -0.3 is 16.0 Å². The van der Waals surface area contributed by atoms with Crippen LogP contribution in [0.4, 0.5) is 27.6 Å². The first-order valence-corrected chi connectivity index (χ1v) is 8.58. The fourth-order valence-corrected chi connectivity index (χ4v) is 3.51. The molecule has 152 valence electrons. The first-order chi connectivity index (χ1) is 12.2. The van der Waals surface area contributed by atoms with Crippen molar-refractivity contribution < 1.29 is 22.0 Å². The molecule has 1 aliphatic carbocycles. The van der Waals surface area contributed by atoms with Gasteiger partial charge in [0.1, 0.15) is 11.6 Å². The summed E-state index contributed by atoms with van der Waals surface area (Å²) in [5.74, 6) is -2.43.